The standard InChI is InChI=1S/C27H37N7O4S/c1-17-23-22(31-24-20(15-37-23)25(29-16-28-24)32-7-9-39(36)10-8-32)11-21(30-17)18-5-6-33(12-18)19-13-34(14-19)26(35)38-27(2,3)4/h11,16,18-19H,5-10,12-15H2,1-4H3,(H,28,29,31). The molecule has 3 fully saturated rings. The number of rotatable bonds is 3. The van der Waals surface area contributed by atoms with Crippen molar-refractivity contribution in [3.8, 4) is 5.75 Å². The molecule has 0 aromatic carbocycles. The Morgan fingerprint density at radius 1 is 1.15 bits per heavy atom. The van der Waals surface area contributed by atoms with E-state index < -0.39 is 16.4 Å². The van der Waals surface area contributed by atoms with Crippen molar-refractivity contribution in [2.45, 2.75) is 58.3 Å². The summed E-state index contributed by atoms with van der Waals surface area (Å²) in [5.74, 6) is 3.94. The zero-order valence-electron chi connectivity index (χ0n) is 23.1. The molecule has 39 heavy (non-hydrogen) atoms. The Morgan fingerprint density at radius 2 is 1.92 bits per heavy atom. The van der Waals surface area contributed by atoms with Gasteiger partial charge in [0.2, 0.25) is 0 Å². The number of aryl methyl sites for hydroxylation is 1. The SMILES string of the molecule is Cc1nc(C2CCN(C3CN(C(=O)OC(C)(C)C)C3)C2)cc2c1OCc1c(ncnc1N1CCS(=O)CC1)N2. The van der Waals surface area contributed by atoms with Crippen LogP contribution < -0.4 is 15.0 Å². The topological polar surface area (TPSA) is 113 Å². The van der Waals surface area contributed by atoms with E-state index in [4.69, 9.17) is 14.5 Å². The van der Waals surface area contributed by atoms with Crippen LogP contribution in [0.4, 0.5) is 22.1 Å². The number of pyridine rings is 1. The number of carbonyl (C=O) groups is 1. The summed E-state index contributed by atoms with van der Waals surface area (Å²) < 4.78 is 23.6. The number of aromatic nitrogens is 3. The molecule has 12 heteroatoms. The molecule has 0 spiro atoms. The quantitative estimate of drug-likeness (QED) is 0.607. The van der Waals surface area contributed by atoms with E-state index in [9.17, 15) is 9.00 Å². The number of likely N-dealkylation sites (tertiary alicyclic amines) is 2. The van der Waals surface area contributed by atoms with Gasteiger partial charge in [-0.05, 0) is 46.7 Å². The van der Waals surface area contributed by atoms with E-state index >= 15 is 0 Å². The van der Waals surface area contributed by atoms with Crippen LogP contribution in [0.15, 0.2) is 12.4 Å². The fourth-order valence-electron chi connectivity index (χ4n) is 5.73. The molecule has 1 unspecified atom stereocenters. The molecular formula is C27H37N7O4S. The molecule has 0 bridgehead atoms. The lowest BCUT2D eigenvalue weighted by Crippen LogP contribution is -2.61. The first-order valence-corrected chi connectivity index (χ1v) is 15.2. The number of nitrogens with one attached hydrogen (secondary N) is 1. The summed E-state index contributed by atoms with van der Waals surface area (Å²) in [6.45, 7) is 12.8. The summed E-state index contributed by atoms with van der Waals surface area (Å²) in [5.41, 5.74) is 3.21. The molecule has 4 aliphatic heterocycles. The van der Waals surface area contributed by atoms with Crippen molar-refractivity contribution < 1.29 is 18.5 Å². The molecule has 6 heterocycles. The molecule has 2 aromatic heterocycles. The maximum atomic E-state index is 12.3. The zero-order valence-corrected chi connectivity index (χ0v) is 23.9. The first kappa shape index (κ1) is 26.2. The average molecular weight is 556 g/mol. The van der Waals surface area contributed by atoms with E-state index in [1.54, 1.807) is 11.2 Å². The predicted octanol–water partition coefficient (Wildman–Crippen LogP) is 2.79. The summed E-state index contributed by atoms with van der Waals surface area (Å²) in [5, 5.41) is 3.51. The van der Waals surface area contributed by atoms with Gasteiger partial charge in [0.05, 0.1) is 16.9 Å². The molecule has 0 radical (unpaired) electrons. The first-order valence-electron chi connectivity index (χ1n) is 13.7. The summed E-state index contributed by atoms with van der Waals surface area (Å²) >= 11 is 0. The summed E-state index contributed by atoms with van der Waals surface area (Å²) in [7, 11) is -0.757. The molecule has 1 atom stereocenters. The van der Waals surface area contributed by atoms with Crippen LogP contribution in [0.3, 0.4) is 0 Å². The second kappa shape index (κ2) is 10.2. The van der Waals surface area contributed by atoms with Gasteiger partial charge in [-0.3, -0.25) is 14.1 Å². The third-order valence-electron chi connectivity index (χ3n) is 7.84. The number of nitrogens with zero attached hydrogens (tertiary/aromatic N) is 6. The van der Waals surface area contributed by atoms with Crippen LogP contribution in [-0.4, -0.2) is 97.5 Å². The summed E-state index contributed by atoms with van der Waals surface area (Å²) in [6.07, 6.45) is 2.38. The minimum absolute atomic E-state index is 0.230. The second-order valence-electron chi connectivity index (χ2n) is 11.8. The zero-order chi connectivity index (χ0) is 27.3. The van der Waals surface area contributed by atoms with Gasteiger partial charge in [0.15, 0.2) is 5.75 Å². The number of hydrogen-bond donors (Lipinski definition) is 1. The van der Waals surface area contributed by atoms with Crippen LogP contribution in [0.2, 0.25) is 0 Å². The fraction of sp³-hybridized carbons (Fsp3) is 0.630. The van der Waals surface area contributed by atoms with E-state index in [1.807, 2.05) is 27.7 Å². The molecule has 11 nitrogen and oxygen atoms in total. The van der Waals surface area contributed by atoms with Crippen LogP contribution in [-0.2, 0) is 22.1 Å². The van der Waals surface area contributed by atoms with Crippen molar-refractivity contribution in [1.29, 1.82) is 0 Å². The van der Waals surface area contributed by atoms with Crippen molar-refractivity contribution in [3.63, 3.8) is 0 Å². The van der Waals surface area contributed by atoms with Crippen LogP contribution in [0.5, 0.6) is 5.75 Å². The smallest absolute Gasteiger partial charge is 0.410 e. The van der Waals surface area contributed by atoms with Gasteiger partial charge >= 0.3 is 6.09 Å². The molecule has 1 N–H and O–H groups in total. The number of ether oxygens (including phenoxy) is 2. The lowest BCUT2D eigenvalue weighted by molar-refractivity contribution is -0.0114. The van der Waals surface area contributed by atoms with Gasteiger partial charge in [-0.15, -0.1) is 0 Å². The highest BCUT2D eigenvalue weighted by molar-refractivity contribution is 7.85. The molecular weight excluding hydrogens is 518 g/mol. The summed E-state index contributed by atoms with van der Waals surface area (Å²) in [6, 6.07) is 2.46. The minimum Gasteiger partial charge on any atom is -0.485 e. The molecule has 210 valence electrons. The van der Waals surface area contributed by atoms with Crippen molar-refractivity contribution in [1.82, 2.24) is 24.8 Å². The van der Waals surface area contributed by atoms with Crippen molar-refractivity contribution in [3.05, 3.63) is 29.3 Å². The number of amides is 1. The molecule has 0 saturated carbocycles. The van der Waals surface area contributed by atoms with Crippen molar-refractivity contribution in [2.75, 3.05) is 61.0 Å². The van der Waals surface area contributed by atoms with Gasteiger partial charge < -0.3 is 24.6 Å². The Morgan fingerprint density at radius 3 is 2.67 bits per heavy atom. The second-order valence-corrected chi connectivity index (χ2v) is 13.5. The third-order valence-corrected chi connectivity index (χ3v) is 9.12. The van der Waals surface area contributed by atoms with Crippen LogP contribution in [0, 0.1) is 6.92 Å². The lowest BCUT2D eigenvalue weighted by atomic mass is 10.0. The van der Waals surface area contributed by atoms with Crippen molar-refractivity contribution in [2.24, 2.45) is 0 Å². The molecule has 2 aromatic rings. The van der Waals surface area contributed by atoms with E-state index in [-0.39, 0.29) is 6.09 Å². The molecule has 0 aliphatic carbocycles. The predicted molar refractivity (Wildman–Crippen MR) is 149 cm³/mol. The Labute approximate surface area is 231 Å². The Hall–Kier alpha value is -2.99. The van der Waals surface area contributed by atoms with Gasteiger partial charge in [-0.25, -0.2) is 14.8 Å². The van der Waals surface area contributed by atoms with E-state index in [0.717, 1.165) is 59.5 Å². The maximum absolute atomic E-state index is 12.3. The third kappa shape index (κ3) is 5.41. The highest BCUT2D eigenvalue weighted by Gasteiger charge is 2.40. The number of hydrogen-bond acceptors (Lipinski definition) is 10. The molecule has 6 rings (SSSR count). The molecule has 4 aliphatic rings. The van der Waals surface area contributed by atoms with E-state index in [0.29, 0.717) is 56.3 Å². The lowest BCUT2D eigenvalue weighted by Gasteiger charge is -2.44. The van der Waals surface area contributed by atoms with Gasteiger partial charge in [-0.2, -0.15) is 0 Å². The monoisotopic (exact) mass is 555 g/mol. The number of anilines is 3. The maximum Gasteiger partial charge on any atom is 0.410 e. The van der Waals surface area contributed by atoms with Gasteiger partial charge in [0.1, 0.15) is 30.2 Å². The first-order chi connectivity index (χ1) is 18.6. The Balaban J connectivity index is 1.14. The van der Waals surface area contributed by atoms with Crippen molar-refractivity contribution >= 4 is 34.2 Å². The summed E-state index contributed by atoms with van der Waals surface area (Å²) in [4.78, 5) is 32.8. The van der Waals surface area contributed by atoms with Crippen LogP contribution >= 0.6 is 0 Å². The number of fused-ring (bicyclic) bond motifs is 2. The Bertz CT molecular complexity index is 1280. The Kier molecular flexibility index (Phi) is 6.86. The van der Waals surface area contributed by atoms with E-state index in [2.05, 4.69) is 31.2 Å². The normalized spacial score (nSPS) is 22.3. The van der Waals surface area contributed by atoms with Crippen LogP contribution in [0.25, 0.3) is 0 Å². The highest BCUT2D eigenvalue weighted by atomic mass is 32.2. The van der Waals surface area contributed by atoms with E-state index in [1.165, 1.54) is 0 Å². The molecule has 1 amide bonds. The largest absolute Gasteiger partial charge is 0.485 e. The average Bonchev–Trinajstić information content (AvgIpc) is 3.23. The van der Waals surface area contributed by atoms with Gasteiger partial charge in [0, 0.05) is 72.7 Å². The fourth-order valence-corrected chi connectivity index (χ4v) is 6.78. The highest BCUT2D eigenvalue weighted by Crippen LogP contribution is 2.40. The van der Waals surface area contributed by atoms with Gasteiger partial charge in [0.25, 0.3) is 0 Å². The molecule has 3 saturated heterocycles. The minimum atomic E-state index is -0.757. The number of carbonyl (C=O) groups excluding carboxylic acids is 1. The van der Waals surface area contributed by atoms with Gasteiger partial charge in [-0.1, -0.05) is 0 Å². The van der Waals surface area contributed by atoms with Crippen LogP contribution in [0.1, 0.15) is 50.1 Å².